The number of rotatable bonds is 3. The van der Waals surface area contributed by atoms with Crippen molar-refractivity contribution in [3.63, 3.8) is 0 Å². The summed E-state index contributed by atoms with van der Waals surface area (Å²) in [4.78, 5) is 8.10. The molecule has 0 bridgehead atoms. The van der Waals surface area contributed by atoms with Crippen LogP contribution >= 0.6 is 11.3 Å². The molecule has 1 rings (SSSR count). The van der Waals surface area contributed by atoms with E-state index in [1.165, 1.54) is 4.88 Å². The van der Waals surface area contributed by atoms with Crippen molar-refractivity contribution in [2.45, 2.75) is 45.7 Å². The number of thiazole rings is 1. The maximum absolute atomic E-state index is 6.01. The Hall–Kier alpha value is -0.450. The van der Waals surface area contributed by atoms with Crippen molar-refractivity contribution in [3.05, 3.63) is 15.6 Å². The summed E-state index contributed by atoms with van der Waals surface area (Å²) in [5.74, 6) is 0. The second kappa shape index (κ2) is 4.82. The predicted octanol–water partition coefficient (Wildman–Crippen LogP) is 2.52. The minimum absolute atomic E-state index is 0.0719. The lowest BCUT2D eigenvalue weighted by molar-refractivity contribution is 0.400. The lowest BCUT2D eigenvalue weighted by Gasteiger charge is -2.18. The minimum Gasteiger partial charge on any atom is -0.323 e. The Labute approximate surface area is 103 Å². The Morgan fingerprint density at radius 3 is 2.25 bits per heavy atom. The van der Waals surface area contributed by atoms with E-state index in [1.807, 2.05) is 6.92 Å². The Balaban J connectivity index is 3.11. The summed E-state index contributed by atoms with van der Waals surface area (Å²) in [5.41, 5.74) is 7.24. The van der Waals surface area contributed by atoms with Gasteiger partial charge in [-0.25, -0.2) is 4.98 Å². The zero-order valence-electron chi connectivity index (χ0n) is 11.2. The number of hydrogen-bond donors (Lipinski definition) is 1. The Morgan fingerprint density at radius 2 is 1.94 bits per heavy atom. The molecule has 1 heterocycles. The Bertz CT molecular complexity index is 348. The van der Waals surface area contributed by atoms with Crippen LogP contribution in [0.4, 0.5) is 0 Å². The van der Waals surface area contributed by atoms with Crippen molar-refractivity contribution < 1.29 is 0 Å². The van der Waals surface area contributed by atoms with Crippen LogP contribution < -0.4 is 5.73 Å². The first-order valence-corrected chi connectivity index (χ1v) is 6.44. The molecule has 0 radical (unpaired) electrons. The third-order valence-corrected chi connectivity index (χ3v) is 3.51. The number of nitrogens with two attached hydrogens (primary N) is 1. The van der Waals surface area contributed by atoms with Crippen LogP contribution in [0.15, 0.2) is 0 Å². The van der Waals surface area contributed by atoms with Crippen LogP contribution in [0.3, 0.4) is 0 Å². The van der Waals surface area contributed by atoms with E-state index in [0.717, 1.165) is 17.2 Å². The van der Waals surface area contributed by atoms with Gasteiger partial charge in [-0.2, -0.15) is 0 Å². The normalized spacial score (nSPS) is 14.5. The quantitative estimate of drug-likeness (QED) is 0.884. The molecule has 0 saturated heterocycles. The molecule has 1 aromatic heterocycles. The van der Waals surface area contributed by atoms with Crippen LogP contribution in [0.1, 0.15) is 49.3 Å². The third-order valence-electron chi connectivity index (χ3n) is 2.27. The molecule has 0 fully saturated rings. The lowest BCUT2D eigenvalue weighted by atomic mass is 9.90. The van der Waals surface area contributed by atoms with Crippen LogP contribution in [-0.4, -0.2) is 24.0 Å². The first-order valence-electron chi connectivity index (χ1n) is 5.62. The van der Waals surface area contributed by atoms with E-state index in [0.29, 0.717) is 0 Å². The first-order chi connectivity index (χ1) is 7.21. The molecule has 1 atom stereocenters. The van der Waals surface area contributed by atoms with Gasteiger partial charge in [0.05, 0.1) is 5.69 Å². The van der Waals surface area contributed by atoms with Crippen molar-refractivity contribution in [1.82, 2.24) is 9.88 Å². The highest BCUT2D eigenvalue weighted by Crippen LogP contribution is 2.33. The monoisotopic (exact) mass is 241 g/mol. The van der Waals surface area contributed by atoms with Gasteiger partial charge in [-0.15, -0.1) is 11.3 Å². The van der Waals surface area contributed by atoms with Gasteiger partial charge in [0.25, 0.3) is 0 Å². The van der Waals surface area contributed by atoms with Gasteiger partial charge in [0.15, 0.2) is 0 Å². The molecule has 1 aromatic rings. The highest BCUT2D eigenvalue weighted by Gasteiger charge is 2.24. The summed E-state index contributed by atoms with van der Waals surface area (Å²) in [6, 6.07) is 0.0719. The minimum atomic E-state index is 0.0719. The maximum Gasteiger partial charge on any atom is 0.107 e. The molecule has 1 unspecified atom stereocenters. The molecule has 0 spiro atoms. The highest BCUT2D eigenvalue weighted by molar-refractivity contribution is 7.11. The average molecular weight is 241 g/mol. The molecule has 0 aliphatic heterocycles. The molecule has 0 aliphatic rings. The van der Waals surface area contributed by atoms with Crippen molar-refractivity contribution in [2.75, 3.05) is 14.1 Å². The van der Waals surface area contributed by atoms with Crippen LogP contribution in [0.25, 0.3) is 0 Å². The van der Waals surface area contributed by atoms with Crippen LogP contribution in [0.2, 0.25) is 0 Å². The molecule has 0 saturated carbocycles. The maximum atomic E-state index is 6.01. The van der Waals surface area contributed by atoms with Crippen molar-refractivity contribution in [3.8, 4) is 0 Å². The summed E-state index contributed by atoms with van der Waals surface area (Å²) in [6.45, 7) is 9.48. The smallest absolute Gasteiger partial charge is 0.107 e. The topological polar surface area (TPSA) is 42.1 Å². The van der Waals surface area contributed by atoms with Crippen molar-refractivity contribution >= 4 is 11.3 Å². The molecular formula is C12H23N3S. The zero-order chi connectivity index (χ0) is 12.5. The largest absolute Gasteiger partial charge is 0.323 e. The predicted molar refractivity (Wildman–Crippen MR) is 70.8 cm³/mol. The van der Waals surface area contributed by atoms with E-state index in [4.69, 9.17) is 10.7 Å². The molecule has 0 amide bonds. The van der Waals surface area contributed by atoms with Gasteiger partial charge < -0.3 is 10.6 Å². The molecule has 3 nitrogen and oxygen atoms in total. The third kappa shape index (κ3) is 3.27. The van der Waals surface area contributed by atoms with E-state index in [2.05, 4.69) is 39.8 Å². The van der Waals surface area contributed by atoms with E-state index in [9.17, 15) is 0 Å². The van der Waals surface area contributed by atoms with E-state index >= 15 is 0 Å². The number of aromatic nitrogens is 1. The van der Waals surface area contributed by atoms with Crippen molar-refractivity contribution in [2.24, 2.45) is 5.73 Å². The fraction of sp³-hybridized carbons (Fsp3) is 0.750. The summed E-state index contributed by atoms with van der Waals surface area (Å²) in [7, 11) is 4.12. The van der Waals surface area contributed by atoms with E-state index < -0.39 is 0 Å². The average Bonchev–Trinajstić information content (AvgIpc) is 2.45. The highest BCUT2D eigenvalue weighted by atomic mass is 32.1. The van der Waals surface area contributed by atoms with Crippen LogP contribution in [-0.2, 0) is 12.0 Å². The summed E-state index contributed by atoms with van der Waals surface area (Å²) >= 11 is 1.75. The van der Waals surface area contributed by atoms with Gasteiger partial charge in [-0.1, -0.05) is 20.8 Å². The van der Waals surface area contributed by atoms with Gasteiger partial charge in [0.1, 0.15) is 5.01 Å². The van der Waals surface area contributed by atoms with Crippen LogP contribution in [0.5, 0.6) is 0 Å². The molecular weight excluding hydrogens is 218 g/mol. The Morgan fingerprint density at radius 1 is 1.38 bits per heavy atom. The standard InChI is InChI=1S/C12H23N3S/c1-8(13)10-11(12(2,3)4)14-9(16-10)7-15(5)6/h8H,7,13H2,1-6H3. The molecule has 4 heteroatoms. The summed E-state index contributed by atoms with van der Waals surface area (Å²) in [6.07, 6.45) is 0. The van der Waals surface area contributed by atoms with Crippen LogP contribution in [0, 0.1) is 0 Å². The summed E-state index contributed by atoms with van der Waals surface area (Å²) in [5, 5.41) is 1.15. The molecule has 92 valence electrons. The first kappa shape index (κ1) is 13.6. The second-order valence-electron chi connectivity index (χ2n) is 5.60. The molecule has 16 heavy (non-hydrogen) atoms. The molecule has 2 N–H and O–H groups in total. The fourth-order valence-electron chi connectivity index (χ4n) is 1.56. The fourth-order valence-corrected chi connectivity index (χ4v) is 2.91. The van der Waals surface area contributed by atoms with Gasteiger partial charge in [-0.3, -0.25) is 0 Å². The van der Waals surface area contributed by atoms with Crippen molar-refractivity contribution in [1.29, 1.82) is 0 Å². The number of hydrogen-bond acceptors (Lipinski definition) is 4. The van der Waals surface area contributed by atoms with Gasteiger partial charge >= 0.3 is 0 Å². The van der Waals surface area contributed by atoms with Gasteiger partial charge in [0.2, 0.25) is 0 Å². The summed E-state index contributed by atoms with van der Waals surface area (Å²) < 4.78 is 0. The zero-order valence-corrected chi connectivity index (χ0v) is 12.0. The van der Waals surface area contributed by atoms with E-state index in [1.54, 1.807) is 11.3 Å². The lowest BCUT2D eigenvalue weighted by Crippen LogP contribution is -2.17. The van der Waals surface area contributed by atoms with Gasteiger partial charge in [-0.05, 0) is 21.0 Å². The van der Waals surface area contributed by atoms with E-state index in [-0.39, 0.29) is 11.5 Å². The Kier molecular flexibility index (Phi) is 4.10. The molecule has 0 aromatic carbocycles. The molecule has 0 aliphatic carbocycles. The van der Waals surface area contributed by atoms with Gasteiger partial charge in [0, 0.05) is 22.9 Å². The number of nitrogens with zero attached hydrogens (tertiary/aromatic N) is 2. The SMILES string of the molecule is CC(N)c1sc(CN(C)C)nc1C(C)(C)C. The second-order valence-corrected chi connectivity index (χ2v) is 6.71.